The number of rotatable bonds is 4. The molecule has 0 saturated heterocycles. The molecule has 0 aliphatic heterocycles. The minimum atomic E-state index is -3.20. The molecule has 4 rings (SSSR count). The van der Waals surface area contributed by atoms with E-state index in [1.807, 2.05) is 60.2 Å². The van der Waals surface area contributed by atoms with Crippen LogP contribution >= 0.6 is 0 Å². The van der Waals surface area contributed by atoms with Crippen molar-refractivity contribution in [1.82, 2.24) is 9.55 Å². The van der Waals surface area contributed by atoms with Gasteiger partial charge in [0, 0.05) is 24.0 Å². The minimum Gasteiger partial charge on any atom is -0.453 e. The van der Waals surface area contributed by atoms with Crippen LogP contribution in [-0.2, 0) is 9.84 Å². The lowest BCUT2D eigenvalue weighted by Crippen LogP contribution is -2.08. The van der Waals surface area contributed by atoms with Gasteiger partial charge in [0.15, 0.2) is 21.4 Å². The van der Waals surface area contributed by atoms with Gasteiger partial charge in [0.05, 0.1) is 10.9 Å². The minimum absolute atomic E-state index is 0.0191. The maximum atomic E-state index is 11.6. The lowest BCUT2D eigenvalue weighted by atomic mass is 10.1. The highest BCUT2D eigenvalue weighted by molar-refractivity contribution is 7.90. The molecule has 6 heteroatoms. The Hall–Kier alpha value is -2.86. The maximum Gasteiger partial charge on any atom is 0.176 e. The van der Waals surface area contributed by atoms with Crippen molar-refractivity contribution in [3.05, 3.63) is 72.6 Å². The van der Waals surface area contributed by atoms with Crippen molar-refractivity contribution in [1.29, 1.82) is 0 Å². The number of imidazole rings is 1. The topological polar surface area (TPSA) is 65.1 Å². The predicted octanol–water partition coefficient (Wildman–Crippen LogP) is 4.31. The molecule has 0 bridgehead atoms. The Morgan fingerprint density at radius 3 is 2.50 bits per heavy atom. The molecular formula is C20H18N2O3S. The number of furan rings is 1. The average molecular weight is 366 g/mol. The van der Waals surface area contributed by atoms with E-state index in [1.54, 1.807) is 18.3 Å². The van der Waals surface area contributed by atoms with Crippen LogP contribution in [0.4, 0.5) is 0 Å². The fourth-order valence-corrected chi connectivity index (χ4v) is 3.69. The third-order valence-corrected chi connectivity index (χ3v) is 5.65. The molecule has 0 aliphatic rings. The highest BCUT2D eigenvalue weighted by Crippen LogP contribution is 2.30. The highest BCUT2D eigenvalue weighted by Gasteiger charge is 2.17. The van der Waals surface area contributed by atoms with Crippen molar-refractivity contribution in [2.45, 2.75) is 17.9 Å². The van der Waals surface area contributed by atoms with Crippen LogP contribution in [0.3, 0.4) is 0 Å². The van der Waals surface area contributed by atoms with Crippen molar-refractivity contribution in [3.63, 3.8) is 0 Å². The Kier molecular flexibility index (Phi) is 3.92. The second kappa shape index (κ2) is 6.14. The monoisotopic (exact) mass is 366 g/mol. The Labute approximate surface area is 151 Å². The summed E-state index contributed by atoms with van der Waals surface area (Å²) >= 11 is 0. The van der Waals surface area contributed by atoms with E-state index in [1.165, 1.54) is 6.26 Å². The Bertz CT molecular complexity index is 1140. The summed E-state index contributed by atoms with van der Waals surface area (Å²) in [6.07, 6.45) is 4.85. The lowest BCUT2D eigenvalue weighted by Gasteiger charge is -2.16. The predicted molar refractivity (Wildman–Crippen MR) is 101 cm³/mol. The second-order valence-corrected chi connectivity index (χ2v) is 8.34. The van der Waals surface area contributed by atoms with Crippen LogP contribution in [0.15, 0.2) is 76.3 Å². The van der Waals surface area contributed by atoms with Gasteiger partial charge >= 0.3 is 0 Å². The summed E-state index contributed by atoms with van der Waals surface area (Å²) in [5.41, 5.74) is 1.81. The van der Waals surface area contributed by atoms with E-state index in [9.17, 15) is 8.42 Å². The number of nitrogens with zero attached hydrogens (tertiary/aromatic N) is 2. The van der Waals surface area contributed by atoms with Crippen molar-refractivity contribution in [2.75, 3.05) is 6.26 Å². The number of benzene rings is 2. The number of hydrogen-bond donors (Lipinski definition) is 0. The van der Waals surface area contributed by atoms with Gasteiger partial charge in [-0.05, 0) is 36.8 Å². The molecule has 2 aromatic heterocycles. The molecule has 2 heterocycles. The van der Waals surface area contributed by atoms with E-state index in [2.05, 4.69) is 4.98 Å². The Morgan fingerprint density at radius 1 is 1.08 bits per heavy atom. The number of hydrogen-bond acceptors (Lipinski definition) is 4. The smallest absolute Gasteiger partial charge is 0.176 e. The third kappa shape index (κ3) is 2.93. The standard InChI is InChI=1S/C20H18N2O3S/c1-14(15-7-9-17(10-8-15)26(2,23)24)22-12-11-21-20(22)19-13-16-5-3-4-6-18(16)25-19/h3-14H,1-2H3. The zero-order valence-corrected chi connectivity index (χ0v) is 15.3. The van der Waals surface area contributed by atoms with Crippen molar-refractivity contribution >= 4 is 20.8 Å². The summed E-state index contributed by atoms with van der Waals surface area (Å²) in [7, 11) is -3.20. The number of sulfone groups is 1. The van der Waals surface area contributed by atoms with Crippen LogP contribution in [0.5, 0.6) is 0 Å². The van der Waals surface area contributed by atoms with Gasteiger partial charge in [-0.3, -0.25) is 0 Å². The number of fused-ring (bicyclic) bond motifs is 1. The van der Waals surface area contributed by atoms with Gasteiger partial charge in [-0.25, -0.2) is 13.4 Å². The zero-order valence-electron chi connectivity index (χ0n) is 14.5. The molecule has 0 fully saturated rings. The molecule has 0 N–H and O–H groups in total. The van der Waals surface area contributed by atoms with Gasteiger partial charge in [0.2, 0.25) is 0 Å². The molecule has 5 nitrogen and oxygen atoms in total. The summed E-state index contributed by atoms with van der Waals surface area (Å²) in [6, 6.07) is 16.8. The molecule has 132 valence electrons. The molecule has 0 amide bonds. The van der Waals surface area contributed by atoms with Crippen LogP contribution in [0.1, 0.15) is 18.5 Å². The normalized spacial score (nSPS) is 13.2. The quantitative estimate of drug-likeness (QED) is 0.540. The van der Waals surface area contributed by atoms with Gasteiger partial charge in [-0.15, -0.1) is 0 Å². The molecule has 1 atom stereocenters. The molecule has 0 saturated carbocycles. The van der Waals surface area contributed by atoms with E-state index < -0.39 is 9.84 Å². The third-order valence-electron chi connectivity index (χ3n) is 4.52. The fraction of sp³-hybridized carbons (Fsp3) is 0.150. The number of aromatic nitrogens is 2. The van der Waals surface area contributed by atoms with Crippen LogP contribution in [0.2, 0.25) is 0 Å². The van der Waals surface area contributed by atoms with Crippen LogP contribution in [0, 0.1) is 0 Å². The van der Waals surface area contributed by atoms with Crippen LogP contribution in [-0.4, -0.2) is 24.2 Å². The van der Waals surface area contributed by atoms with E-state index in [0.29, 0.717) is 10.7 Å². The summed E-state index contributed by atoms with van der Waals surface area (Å²) in [5.74, 6) is 1.44. The van der Waals surface area contributed by atoms with Gasteiger partial charge in [0.1, 0.15) is 5.58 Å². The van der Waals surface area contributed by atoms with Gasteiger partial charge in [-0.2, -0.15) is 0 Å². The average Bonchev–Trinajstić information content (AvgIpc) is 3.26. The Balaban J connectivity index is 1.72. The summed E-state index contributed by atoms with van der Waals surface area (Å²) in [4.78, 5) is 4.77. The Morgan fingerprint density at radius 2 is 1.81 bits per heavy atom. The van der Waals surface area contributed by atoms with Crippen molar-refractivity contribution in [2.24, 2.45) is 0 Å². The molecule has 0 spiro atoms. The molecule has 0 radical (unpaired) electrons. The number of para-hydroxylation sites is 1. The van der Waals surface area contributed by atoms with Crippen molar-refractivity contribution in [3.8, 4) is 11.6 Å². The van der Waals surface area contributed by atoms with Gasteiger partial charge in [0.25, 0.3) is 0 Å². The summed E-state index contributed by atoms with van der Waals surface area (Å²) < 4.78 is 31.2. The van der Waals surface area contributed by atoms with Gasteiger partial charge < -0.3 is 8.98 Å². The first kappa shape index (κ1) is 16.6. The summed E-state index contributed by atoms with van der Waals surface area (Å²) in [6.45, 7) is 2.04. The van der Waals surface area contributed by atoms with Crippen LogP contribution in [0.25, 0.3) is 22.6 Å². The zero-order chi connectivity index (χ0) is 18.3. The summed E-state index contributed by atoms with van der Waals surface area (Å²) in [5, 5.41) is 1.03. The van der Waals surface area contributed by atoms with Gasteiger partial charge in [-0.1, -0.05) is 30.3 Å². The van der Waals surface area contributed by atoms with E-state index in [4.69, 9.17) is 4.42 Å². The highest BCUT2D eigenvalue weighted by atomic mass is 32.2. The van der Waals surface area contributed by atoms with E-state index in [0.717, 1.165) is 22.4 Å². The first-order valence-corrected chi connectivity index (χ1v) is 10.1. The fourth-order valence-electron chi connectivity index (χ4n) is 3.06. The molecule has 1 unspecified atom stereocenters. The molecular weight excluding hydrogens is 348 g/mol. The maximum absolute atomic E-state index is 11.6. The lowest BCUT2D eigenvalue weighted by molar-refractivity contribution is 0.593. The molecule has 4 aromatic rings. The largest absolute Gasteiger partial charge is 0.453 e. The first-order valence-electron chi connectivity index (χ1n) is 8.25. The molecule has 26 heavy (non-hydrogen) atoms. The van der Waals surface area contributed by atoms with Crippen LogP contribution < -0.4 is 0 Å². The molecule has 0 aliphatic carbocycles. The van der Waals surface area contributed by atoms with E-state index >= 15 is 0 Å². The SMILES string of the molecule is CC(c1ccc(S(C)(=O)=O)cc1)n1ccnc1-c1cc2ccccc2o1. The second-order valence-electron chi connectivity index (χ2n) is 6.32. The molecule has 2 aromatic carbocycles. The van der Waals surface area contributed by atoms with E-state index in [-0.39, 0.29) is 6.04 Å². The first-order chi connectivity index (χ1) is 12.4. The van der Waals surface area contributed by atoms with Crippen molar-refractivity contribution < 1.29 is 12.8 Å².